The summed E-state index contributed by atoms with van der Waals surface area (Å²) in [6.07, 6.45) is -0.0247. The van der Waals surface area contributed by atoms with Crippen molar-refractivity contribution >= 4 is 11.9 Å². The van der Waals surface area contributed by atoms with E-state index in [0.29, 0.717) is 24.5 Å². The quantitative estimate of drug-likeness (QED) is 0.634. The number of hydrogen-bond donors (Lipinski definition) is 0. The number of aryl methyl sites for hydroxylation is 1. The summed E-state index contributed by atoms with van der Waals surface area (Å²) >= 11 is 0. The van der Waals surface area contributed by atoms with Crippen LogP contribution in [0.15, 0.2) is 18.2 Å². The van der Waals surface area contributed by atoms with Crippen LogP contribution in [0.2, 0.25) is 0 Å². The van der Waals surface area contributed by atoms with Crippen molar-refractivity contribution in [2.24, 2.45) is 0 Å². The standard InChI is InChI=1S/C18H24N2O5/c1-13(18(22)20(2)11-5-10-19)25-17(21)9-7-14-6-8-15(23-3)16(12-14)24-4/h6,8,12-13H,5,7,9,11H2,1-4H3/t13-/m1/s1. The second-order valence-electron chi connectivity index (χ2n) is 5.49. The molecule has 7 heteroatoms. The van der Waals surface area contributed by atoms with E-state index in [1.165, 1.54) is 11.8 Å². The molecule has 0 heterocycles. The van der Waals surface area contributed by atoms with Gasteiger partial charge in [-0.15, -0.1) is 0 Å². The summed E-state index contributed by atoms with van der Waals surface area (Å²) in [5, 5.41) is 8.54. The van der Waals surface area contributed by atoms with Gasteiger partial charge in [0.05, 0.1) is 26.7 Å². The summed E-state index contributed by atoms with van der Waals surface area (Å²) in [5.41, 5.74) is 0.903. The van der Waals surface area contributed by atoms with Gasteiger partial charge in [0.2, 0.25) is 0 Å². The Hall–Kier alpha value is -2.75. The average Bonchev–Trinajstić information content (AvgIpc) is 2.63. The first-order valence-corrected chi connectivity index (χ1v) is 7.95. The van der Waals surface area contributed by atoms with Crippen molar-refractivity contribution < 1.29 is 23.8 Å². The Morgan fingerprint density at radius 3 is 2.52 bits per heavy atom. The van der Waals surface area contributed by atoms with E-state index in [4.69, 9.17) is 19.5 Å². The number of rotatable bonds is 9. The van der Waals surface area contributed by atoms with Gasteiger partial charge in [0.25, 0.3) is 5.91 Å². The molecular formula is C18H24N2O5. The van der Waals surface area contributed by atoms with E-state index in [-0.39, 0.29) is 18.7 Å². The molecule has 0 saturated carbocycles. The van der Waals surface area contributed by atoms with E-state index >= 15 is 0 Å². The fourth-order valence-corrected chi connectivity index (χ4v) is 2.23. The van der Waals surface area contributed by atoms with E-state index in [0.717, 1.165) is 5.56 Å². The minimum absolute atomic E-state index is 0.148. The molecule has 0 aromatic heterocycles. The Kier molecular flexibility index (Phi) is 8.27. The largest absolute Gasteiger partial charge is 0.493 e. The van der Waals surface area contributed by atoms with Crippen LogP contribution >= 0.6 is 0 Å². The molecular weight excluding hydrogens is 324 g/mol. The molecule has 1 atom stereocenters. The molecule has 0 aliphatic rings. The first-order valence-electron chi connectivity index (χ1n) is 7.95. The van der Waals surface area contributed by atoms with Gasteiger partial charge in [-0.1, -0.05) is 6.07 Å². The molecule has 0 aliphatic carbocycles. The number of carbonyl (C=O) groups is 2. The van der Waals surface area contributed by atoms with Gasteiger partial charge in [0.15, 0.2) is 17.6 Å². The van der Waals surface area contributed by atoms with Crippen molar-refractivity contribution in [2.75, 3.05) is 27.8 Å². The Balaban J connectivity index is 2.52. The minimum atomic E-state index is -0.874. The maximum atomic E-state index is 12.0. The highest BCUT2D eigenvalue weighted by molar-refractivity contribution is 5.83. The van der Waals surface area contributed by atoms with Gasteiger partial charge in [-0.3, -0.25) is 9.59 Å². The highest BCUT2D eigenvalue weighted by atomic mass is 16.5. The first kappa shape index (κ1) is 20.3. The summed E-state index contributed by atoms with van der Waals surface area (Å²) in [4.78, 5) is 25.4. The lowest BCUT2D eigenvalue weighted by atomic mass is 10.1. The number of ether oxygens (including phenoxy) is 3. The van der Waals surface area contributed by atoms with Crippen LogP contribution in [0.1, 0.15) is 25.3 Å². The number of nitrogens with zero attached hydrogens (tertiary/aromatic N) is 2. The van der Waals surface area contributed by atoms with Crippen LogP contribution in [-0.4, -0.2) is 50.7 Å². The molecule has 1 aromatic carbocycles. The molecule has 0 unspecified atom stereocenters. The average molecular weight is 348 g/mol. The molecule has 1 amide bonds. The zero-order chi connectivity index (χ0) is 18.8. The Morgan fingerprint density at radius 1 is 1.24 bits per heavy atom. The summed E-state index contributed by atoms with van der Waals surface area (Å²) < 4.78 is 15.6. The number of carbonyl (C=O) groups excluding carboxylic acids is 2. The SMILES string of the molecule is COc1ccc(CCC(=O)O[C@H](C)C(=O)N(C)CCC#N)cc1OC. The summed E-state index contributed by atoms with van der Waals surface area (Å²) in [6.45, 7) is 1.84. The van der Waals surface area contributed by atoms with Crippen molar-refractivity contribution in [1.82, 2.24) is 4.90 Å². The lowest BCUT2D eigenvalue weighted by Gasteiger charge is -2.20. The van der Waals surface area contributed by atoms with Crippen molar-refractivity contribution in [3.8, 4) is 17.6 Å². The van der Waals surface area contributed by atoms with E-state index in [1.54, 1.807) is 33.4 Å². The van der Waals surface area contributed by atoms with Gasteiger partial charge in [0.1, 0.15) is 0 Å². The summed E-state index contributed by atoms with van der Waals surface area (Å²) in [6, 6.07) is 7.39. The smallest absolute Gasteiger partial charge is 0.306 e. The van der Waals surface area contributed by atoms with E-state index in [9.17, 15) is 9.59 Å². The summed E-state index contributed by atoms with van der Waals surface area (Å²) in [5.74, 6) is 0.434. The molecule has 136 valence electrons. The van der Waals surface area contributed by atoms with Gasteiger partial charge in [-0.2, -0.15) is 5.26 Å². The lowest BCUT2D eigenvalue weighted by molar-refractivity contribution is -0.158. The lowest BCUT2D eigenvalue weighted by Crippen LogP contribution is -2.37. The van der Waals surface area contributed by atoms with Gasteiger partial charge >= 0.3 is 5.97 Å². The molecule has 7 nitrogen and oxygen atoms in total. The van der Waals surface area contributed by atoms with Crippen LogP contribution in [0, 0.1) is 11.3 Å². The molecule has 0 aliphatic heterocycles. The molecule has 0 radical (unpaired) electrons. The fourth-order valence-electron chi connectivity index (χ4n) is 2.23. The summed E-state index contributed by atoms with van der Waals surface area (Å²) in [7, 11) is 4.68. The third-order valence-corrected chi connectivity index (χ3v) is 3.66. The van der Waals surface area contributed by atoms with Crippen LogP contribution in [0.25, 0.3) is 0 Å². The normalized spacial score (nSPS) is 11.2. The highest BCUT2D eigenvalue weighted by Crippen LogP contribution is 2.28. The van der Waals surface area contributed by atoms with Crippen LogP contribution in [0.4, 0.5) is 0 Å². The van der Waals surface area contributed by atoms with Gasteiger partial charge in [0, 0.05) is 20.0 Å². The second kappa shape index (κ2) is 10.2. The first-order chi connectivity index (χ1) is 11.9. The van der Waals surface area contributed by atoms with E-state index in [2.05, 4.69) is 0 Å². The molecule has 0 bridgehead atoms. The number of esters is 1. The number of likely N-dealkylation sites (N-methyl/N-ethyl adjacent to an activating group) is 1. The van der Waals surface area contributed by atoms with Gasteiger partial charge in [-0.25, -0.2) is 0 Å². The number of nitriles is 1. The number of amides is 1. The minimum Gasteiger partial charge on any atom is -0.493 e. The van der Waals surface area contributed by atoms with Crippen molar-refractivity contribution in [3.05, 3.63) is 23.8 Å². The molecule has 0 saturated heterocycles. The van der Waals surface area contributed by atoms with Crippen LogP contribution < -0.4 is 9.47 Å². The highest BCUT2D eigenvalue weighted by Gasteiger charge is 2.21. The van der Waals surface area contributed by atoms with Crippen LogP contribution in [0.5, 0.6) is 11.5 Å². The predicted molar refractivity (Wildman–Crippen MR) is 91.3 cm³/mol. The van der Waals surface area contributed by atoms with Crippen molar-refractivity contribution in [2.45, 2.75) is 32.3 Å². The van der Waals surface area contributed by atoms with Crippen LogP contribution in [-0.2, 0) is 20.7 Å². The molecule has 25 heavy (non-hydrogen) atoms. The Morgan fingerprint density at radius 2 is 1.92 bits per heavy atom. The maximum Gasteiger partial charge on any atom is 0.306 e. The van der Waals surface area contributed by atoms with Gasteiger partial charge in [-0.05, 0) is 31.0 Å². The fraction of sp³-hybridized carbons (Fsp3) is 0.500. The zero-order valence-corrected chi connectivity index (χ0v) is 15.1. The molecule has 0 N–H and O–H groups in total. The van der Waals surface area contributed by atoms with Crippen molar-refractivity contribution in [1.29, 1.82) is 5.26 Å². The molecule has 0 fully saturated rings. The third kappa shape index (κ3) is 6.34. The topological polar surface area (TPSA) is 88.9 Å². The monoisotopic (exact) mass is 348 g/mol. The Bertz CT molecular complexity index is 639. The zero-order valence-electron chi connectivity index (χ0n) is 15.1. The Labute approximate surface area is 148 Å². The second-order valence-corrected chi connectivity index (χ2v) is 5.49. The number of methoxy groups -OCH3 is 2. The van der Waals surface area contributed by atoms with E-state index < -0.39 is 12.1 Å². The van der Waals surface area contributed by atoms with Crippen molar-refractivity contribution in [3.63, 3.8) is 0 Å². The van der Waals surface area contributed by atoms with Gasteiger partial charge < -0.3 is 19.1 Å². The molecule has 1 rings (SSSR count). The van der Waals surface area contributed by atoms with Crippen LogP contribution in [0.3, 0.4) is 0 Å². The predicted octanol–water partition coefficient (Wildman–Crippen LogP) is 1.94. The molecule has 1 aromatic rings. The number of benzene rings is 1. The maximum absolute atomic E-state index is 12.0. The third-order valence-electron chi connectivity index (χ3n) is 3.66. The van der Waals surface area contributed by atoms with E-state index in [1.807, 2.05) is 12.1 Å². The number of hydrogen-bond acceptors (Lipinski definition) is 6. The molecule has 0 spiro atoms.